The van der Waals surface area contributed by atoms with Gasteiger partial charge < -0.3 is 10.5 Å². The quantitative estimate of drug-likeness (QED) is 0.852. The van der Waals surface area contributed by atoms with Gasteiger partial charge in [-0.05, 0) is 17.3 Å². The van der Waals surface area contributed by atoms with Crippen molar-refractivity contribution in [3.63, 3.8) is 0 Å². The van der Waals surface area contributed by atoms with Gasteiger partial charge in [-0.2, -0.15) is 5.10 Å². The highest BCUT2D eigenvalue weighted by molar-refractivity contribution is 8.13. The van der Waals surface area contributed by atoms with Crippen LogP contribution in [0.5, 0.6) is 0 Å². The van der Waals surface area contributed by atoms with Crippen molar-refractivity contribution in [3.05, 3.63) is 41.5 Å². The zero-order valence-electron chi connectivity index (χ0n) is 11.3. The summed E-state index contributed by atoms with van der Waals surface area (Å²) in [6.45, 7) is 0. The van der Waals surface area contributed by atoms with Gasteiger partial charge in [-0.15, -0.1) is 0 Å². The number of thioether (sulfide) groups is 1. The second-order valence-corrected chi connectivity index (χ2v) is 5.65. The molecule has 0 amide bonds. The summed E-state index contributed by atoms with van der Waals surface area (Å²) in [4.78, 5) is 23.8. The van der Waals surface area contributed by atoms with Crippen molar-refractivity contribution < 1.29 is 14.3 Å². The lowest BCUT2D eigenvalue weighted by atomic mass is 10.0. The van der Waals surface area contributed by atoms with Crippen molar-refractivity contribution in [1.29, 1.82) is 0 Å². The molecule has 1 aromatic heterocycles. The topological polar surface area (TPSA) is 87.2 Å². The second-order valence-electron chi connectivity index (χ2n) is 4.61. The van der Waals surface area contributed by atoms with E-state index in [1.807, 2.05) is 30.3 Å². The minimum atomic E-state index is -0.581. The molecule has 6 nitrogen and oxygen atoms in total. The van der Waals surface area contributed by atoms with E-state index in [0.717, 1.165) is 17.3 Å². The van der Waals surface area contributed by atoms with Crippen LogP contribution in [-0.4, -0.2) is 28.0 Å². The SMILES string of the molecule is COC(=O)c1c(N)nn2c1SC(=O)CC2c1ccccc1. The number of hydrogen-bond acceptors (Lipinski definition) is 6. The van der Waals surface area contributed by atoms with E-state index in [4.69, 9.17) is 10.5 Å². The largest absolute Gasteiger partial charge is 0.465 e. The Kier molecular flexibility index (Phi) is 3.42. The van der Waals surface area contributed by atoms with E-state index in [0.29, 0.717) is 11.4 Å². The molecule has 0 bridgehead atoms. The molecule has 7 heteroatoms. The van der Waals surface area contributed by atoms with E-state index < -0.39 is 5.97 Å². The first-order valence-corrected chi connectivity index (χ1v) is 7.15. The number of rotatable bonds is 2. The molecule has 2 heterocycles. The Labute approximate surface area is 125 Å². The number of esters is 1. The predicted octanol–water partition coefficient (Wildman–Crippen LogP) is 1.86. The summed E-state index contributed by atoms with van der Waals surface area (Å²) in [6.07, 6.45) is 0.309. The zero-order chi connectivity index (χ0) is 15.0. The van der Waals surface area contributed by atoms with Gasteiger partial charge in [-0.25, -0.2) is 9.48 Å². The number of anilines is 1. The molecule has 108 valence electrons. The zero-order valence-corrected chi connectivity index (χ0v) is 12.1. The van der Waals surface area contributed by atoms with Gasteiger partial charge >= 0.3 is 5.97 Å². The van der Waals surface area contributed by atoms with Crippen LogP contribution in [-0.2, 0) is 9.53 Å². The fraction of sp³-hybridized carbons (Fsp3) is 0.214. The predicted molar refractivity (Wildman–Crippen MR) is 78.0 cm³/mol. The number of aromatic nitrogens is 2. The number of hydrogen-bond donors (Lipinski definition) is 1. The molecule has 1 atom stereocenters. The molecule has 1 aliphatic rings. The van der Waals surface area contributed by atoms with E-state index in [-0.39, 0.29) is 22.5 Å². The smallest absolute Gasteiger partial charge is 0.344 e. The highest BCUT2D eigenvalue weighted by atomic mass is 32.2. The van der Waals surface area contributed by atoms with Crippen molar-refractivity contribution in [2.75, 3.05) is 12.8 Å². The number of methoxy groups -OCH3 is 1. The lowest BCUT2D eigenvalue weighted by Crippen LogP contribution is -2.21. The molecule has 0 spiro atoms. The molecule has 1 unspecified atom stereocenters. The van der Waals surface area contributed by atoms with Crippen LogP contribution in [0.25, 0.3) is 0 Å². The van der Waals surface area contributed by atoms with E-state index in [1.54, 1.807) is 4.68 Å². The maximum Gasteiger partial charge on any atom is 0.344 e. The van der Waals surface area contributed by atoms with Crippen LogP contribution in [0, 0.1) is 0 Å². The van der Waals surface area contributed by atoms with Gasteiger partial charge in [0.2, 0.25) is 0 Å². The van der Waals surface area contributed by atoms with Crippen molar-refractivity contribution in [2.24, 2.45) is 0 Å². The molecule has 0 fully saturated rings. The van der Waals surface area contributed by atoms with Gasteiger partial charge in [0, 0.05) is 6.42 Å². The number of nitrogens with two attached hydrogens (primary N) is 1. The summed E-state index contributed by atoms with van der Waals surface area (Å²) in [5.74, 6) is -0.497. The van der Waals surface area contributed by atoms with Crippen molar-refractivity contribution in [1.82, 2.24) is 9.78 Å². The summed E-state index contributed by atoms with van der Waals surface area (Å²) < 4.78 is 6.36. The van der Waals surface area contributed by atoms with Crippen LogP contribution in [0.2, 0.25) is 0 Å². The minimum Gasteiger partial charge on any atom is -0.465 e. The van der Waals surface area contributed by atoms with Gasteiger partial charge in [-0.1, -0.05) is 30.3 Å². The Hall–Kier alpha value is -2.28. The van der Waals surface area contributed by atoms with Crippen LogP contribution >= 0.6 is 11.8 Å². The monoisotopic (exact) mass is 303 g/mol. The molecular weight excluding hydrogens is 290 g/mol. The average molecular weight is 303 g/mol. The summed E-state index contributed by atoms with van der Waals surface area (Å²) in [5, 5.41) is 4.66. The van der Waals surface area contributed by atoms with E-state index in [9.17, 15) is 9.59 Å². The third-order valence-electron chi connectivity index (χ3n) is 3.33. The molecular formula is C14H13N3O3S. The van der Waals surface area contributed by atoms with Gasteiger partial charge in [0.1, 0.15) is 10.6 Å². The Balaban J connectivity index is 2.14. The maximum absolute atomic E-state index is 12.0. The number of carbonyl (C=O) groups is 2. The highest BCUT2D eigenvalue weighted by Crippen LogP contribution is 2.40. The van der Waals surface area contributed by atoms with Crippen molar-refractivity contribution >= 4 is 28.7 Å². The van der Waals surface area contributed by atoms with Crippen molar-refractivity contribution in [3.8, 4) is 0 Å². The molecule has 0 aliphatic carbocycles. The summed E-state index contributed by atoms with van der Waals surface area (Å²) in [5.41, 5.74) is 6.94. The lowest BCUT2D eigenvalue weighted by Gasteiger charge is -2.23. The maximum atomic E-state index is 12.0. The third-order valence-corrected chi connectivity index (χ3v) is 4.31. The molecule has 21 heavy (non-hydrogen) atoms. The Morgan fingerprint density at radius 3 is 2.81 bits per heavy atom. The first kappa shape index (κ1) is 13.7. The van der Waals surface area contributed by atoms with E-state index >= 15 is 0 Å². The standard InChI is InChI=1S/C14H13N3O3S/c1-20-14(19)11-12(15)16-17-9(7-10(18)21-13(11)17)8-5-3-2-4-6-8/h2-6,9H,7H2,1H3,(H2,15,16). The van der Waals surface area contributed by atoms with Crippen LogP contribution in [0.15, 0.2) is 35.4 Å². The van der Waals surface area contributed by atoms with Crippen LogP contribution in [0.3, 0.4) is 0 Å². The van der Waals surface area contributed by atoms with E-state index in [1.165, 1.54) is 7.11 Å². The molecule has 2 N–H and O–H groups in total. The lowest BCUT2D eigenvalue weighted by molar-refractivity contribution is -0.111. The van der Waals surface area contributed by atoms with Gasteiger partial charge in [-0.3, -0.25) is 4.79 Å². The minimum absolute atomic E-state index is 0.0265. The molecule has 0 saturated heterocycles. The van der Waals surface area contributed by atoms with Crippen LogP contribution < -0.4 is 5.73 Å². The normalized spacial score (nSPS) is 17.4. The number of benzene rings is 1. The molecule has 1 aromatic carbocycles. The van der Waals surface area contributed by atoms with Gasteiger partial charge in [0.15, 0.2) is 10.9 Å². The first-order valence-electron chi connectivity index (χ1n) is 6.33. The number of carbonyl (C=O) groups excluding carboxylic acids is 2. The summed E-state index contributed by atoms with van der Waals surface area (Å²) in [6, 6.07) is 9.29. The third kappa shape index (κ3) is 2.29. The van der Waals surface area contributed by atoms with Crippen LogP contribution in [0.1, 0.15) is 28.4 Å². The summed E-state index contributed by atoms with van der Waals surface area (Å²) >= 11 is 0.982. The first-order chi connectivity index (χ1) is 10.1. The fourth-order valence-electron chi connectivity index (χ4n) is 2.37. The van der Waals surface area contributed by atoms with Gasteiger partial charge in [0.25, 0.3) is 0 Å². The molecule has 1 aliphatic heterocycles. The van der Waals surface area contributed by atoms with Crippen LogP contribution in [0.4, 0.5) is 5.82 Å². The molecule has 0 radical (unpaired) electrons. The Morgan fingerprint density at radius 1 is 1.43 bits per heavy atom. The molecule has 3 rings (SSSR count). The average Bonchev–Trinajstić information content (AvgIpc) is 2.82. The highest BCUT2D eigenvalue weighted by Gasteiger charge is 2.34. The Morgan fingerprint density at radius 2 is 2.14 bits per heavy atom. The fourth-order valence-corrected chi connectivity index (χ4v) is 3.38. The van der Waals surface area contributed by atoms with E-state index in [2.05, 4.69) is 5.10 Å². The van der Waals surface area contributed by atoms with Crippen molar-refractivity contribution in [2.45, 2.75) is 17.5 Å². The second kappa shape index (κ2) is 5.25. The Bertz CT molecular complexity index is 712. The molecule has 0 saturated carbocycles. The number of nitrogens with zero attached hydrogens (tertiary/aromatic N) is 2. The molecule has 2 aromatic rings. The number of fused-ring (bicyclic) bond motifs is 1. The number of ether oxygens (including phenoxy) is 1. The van der Waals surface area contributed by atoms with Gasteiger partial charge in [0.05, 0.1) is 13.2 Å². The summed E-state index contributed by atoms with van der Waals surface area (Å²) in [7, 11) is 1.27. The number of nitrogen functional groups attached to an aromatic ring is 1.